The second kappa shape index (κ2) is 11.8. The molecule has 0 aromatic heterocycles. The van der Waals surface area contributed by atoms with E-state index in [9.17, 15) is 33.9 Å². The molecule has 184 valence electrons. The van der Waals surface area contributed by atoms with Crippen LogP contribution < -0.4 is 16.0 Å². The van der Waals surface area contributed by atoms with Crippen molar-refractivity contribution in [2.45, 2.75) is 37.9 Å². The molecule has 1 aromatic carbocycles. The molecule has 3 amide bonds. The predicted octanol–water partition coefficient (Wildman–Crippen LogP) is -1.23. The summed E-state index contributed by atoms with van der Waals surface area (Å²) >= 11 is 0. The summed E-state index contributed by atoms with van der Waals surface area (Å²) < 4.78 is 9.09. The highest BCUT2D eigenvalue weighted by Crippen LogP contribution is 2.20. The van der Waals surface area contributed by atoms with Gasteiger partial charge in [0.2, 0.25) is 17.7 Å². The lowest BCUT2D eigenvalue weighted by molar-refractivity contribution is -0.163. The van der Waals surface area contributed by atoms with E-state index in [1.54, 1.807) is 12.1 Å². The largest absolute Gasteiger partial charge is 0.480 e. The minimum absolute atomic E-state index is 0.262. The Morgan fingerprint density at radius 2 is 1.50 bits per heavy atom. The van der Waals surface area contributed by atoms with Crippen LogP contribution in [0.3, 0.4) is 0 Å². The fourth-order valence-corrected chi connectivity index (χ4v) is 3.62. The monoisotopic (exact) mass is 477 g/mol. The van der Waals surface area contributed by atoms with E-state index in [2.05, 4.69) is 25.4 Å². The second-order valence-electron chi connectivity index (χ2n) is 7.78. The third kappa shape index (κ3) is 6.53. The smallest absolute Gasteiger partial charge is 0.326 e. The standard InChI is InChI=1S/C22H27N3O9/c1-11(16(21(31)33-2)22(32)34-3)17(20(29)30)25-15(26)10-14-19(28)23-13(18(27)24-14)9-12-7-5-4-6-8-12/h4-8,11,13-14,16-17H,9-10H2,1-3H3,(H,23,28)(H,24,27)(H,25,26)(H,29,30)/t11-,13-,14-,17+/m0/s1. The van der Waals surface area contributed by atoms with Crippen LogP contribution in [0, 0.1) is 11.8 Å². The minimum atomic E-state index is -1.68. The van der Waals surface area contributed by atoms with E-state index in [4.69, 9.17) is 0 Å². The Morgan fingerprint density at radius 3 is 2.03 bits per heavy atom. The van der Waals surface area contributed by atoms with Gasteiger partial charge in [0.1, 0.15) is 18.1 Å². The van der Waals surface area contributed by atoms with Crippen molar-refractivity contribution in [1.29, 1.82) is 0 Å². The number of ether oxygens (including phenoxy) is 2. The van der Waals surface area contributed by atoms with Gasteiger partial charge in [-0.1, -0.05) is 37.3 Å². The van der Waals surface area contributed by atoms with Crippen LogP contribution in [0.1, 0.15) is 18.9 Å². The number of piperazine rings is 1. The van der Waals surface area contributed by atoms with E-state index in [1.807, 2.05) is 18.2 Å². The number of carbonyl (C=O) groups is 6. The Morgan fingerprint density at radius 1 is 0.971 bits per heavy atom. The molecule has 1 saturated heterocycles. The Hall–Kier alpha value is -3.96. The van der Waals surface area contributed by atoms with E-state index in [1.165, 1.54) is 6.92 Å². The molecule has 0 spiro atoms. The maximum Gasteiger partial charge on any atom is 0.326 e. The molecule has 0 unspecified atom stereocenters. The number of nitrogens with one attached hydrogen (secondary N) is 3. The van der Waals surface area contributed by atoms with Gasteiger partial charge in [0.15, 0.2) is 5.92 Å². The first kappa shape index (κ1) is 26.3. The molecule has 34 heavy (non-hydrogen) atoms. The summed E-state index contributed by atoms with van der Waals surface area (Å²) in [6, 6.07) is 5.32. The molecule has 2 rings (SSSR count). The number of carboxylic acid groups (broad SMARTS) is 1. The van der Waals surface area contributed by atoms with Gasteiger partial charge in [-0.3, -0.25) is 24.0 Å². The van der Waals surface area contributed by atoms with Crippen molar-refractivity contribution in [2.24, 2.45) is 11.8 Å². The molecule has 0 saturated carbocycles. The third-order valence-electron chi connectivity index (χ3n) is 5.48. The number of methoxy groups -OCH3 is 2. The maximum atomic E-state index is 12.5. The normalized spacial score (nSPS) is 19.3. The van der Waals surface area contributed by atoms with Gasteiger partial charge in [-0.2, -0.15) is 0 Å². The predicted molar refractivity (Wildman–Crippen MR) is 115 cm³/mol. The van der Waals surface area contributed by atoms with Crippen molar-refractivity contribution in [3.8, 4) is 0 Å². The zero-order valence-corrected chi connectivity index (χ0v) is 18.9. The van der Waals surface area contributed by atoms with Gasteiger partial charge in [-0.15, -0.1) is 0 Å². The molecule has 1 aliphatic rings. The van der Waals surface area contributed by atoms with Gasteiger partial charge in [0.25, 0.3) is 0 Å². The van der Waals surface area contributed by atoms with Gasteiger partial charge in [-0.25, -0.2) is 4.79 Å². The molecule has 12 nitrogen and oxygen atoms in total. The van der Waals surface area contributed by atoms with Gasteiger partial charge in [0, 0.05) is 12.3 Å². The summed E-state index contributed by atoms with van der Waals surface area (Å²) in [5, 5.41) is 16.8. The highest BCUT2D eigenvalue weighted by molar-refractivity contribution is 6.00. The lowest BCUT2D eigenvalue weighted by atomic mass is 9.87. The van der Waals surface area contributed by atoms with Crippen LogP contribution >= 0.6 is 0 Å². The summed E-state index contributed by atoms with van der Waals surface area (Å²) in [7, 11) is 2.05. The molecular weight excluding hydrogens is 450 g/mol. The molecule has 1 aliphatic heterocycles. The number of aliphatic carboxylic acids is 1. The van der Waals surface area contributed by atoms with Crippen LogP contribution in [-0.2, 0) is 44.7 Å². The maximum absolute atomic E-state index is 12.5. The average Bonchev–Trinajstić information content (AvgIpc) is 2.80. The van der Waals surface area contributed by atoms with Gasteiger partial charge < -0.3 is 30.5 Å². The third-order valence-corrected chi connectivity index (χ3v) is 5.48. The van der Waals surface area contributed by atoms with Gasteiger partial charge >= 0.3 is 17.9 Å². The van der Waals surface area contributed by atoms with E-state index in [0.29, 0.717) is 0 Å². The first-order valence-corrected chi connectivity index (χ1v) is 10.4. The number of carbonyl (C=O) groups excluding carboxylic acids is 5. The highest BCUT2D eigenvalue weighted by atomic mass is 16.5. The number of amides is 3. The van der Waals surface area contributed by atoms with Crippen molar-refractivity contribution in [2.75, 3.05) is 14.2 Å². The van der Waals surface area contributed by atoms with Crippen molar-refractivity contribution in [1.82, 2.24) is 16.0 Å². The summed E-state index contributed by atoms with van der Waals surface area (Å²) in [6.07, 6.45) is -0.286. The highest BCUT2D eigenvalue weighted by Gasteiger charge is 2.42. The quantitative estimate of drug-likeness (QED) is 0.237. The fourth-order valence-electron chi connectivity index (χ4n) is 3.62. The second-order valence-corrected chi connectivity index (χ2v) is 7.78. The molecule has 4 atom stereocenters. The van der Waals surface area contributed by atoms with Crippen LogP contribution in [0.5, 0.6) is 0 Å². The summed E-state index contributed by atoms with van der Waals surface area (Å²) in [5.41, 5.74) is 0.836. The Balaban J connectivity index is 2.04. The summed E-state index contributed by atoms with van der Waals surface area (Å²) in [6.45, 7) is 1.26. The molecule has 4 N–H and O–H groups in total. The SMILES string of the molecule is COC(=O)C(C(=O)OC)[C@H](C)[C@@H](NC(=O)C[C@@H]1NC(=O)[C@H](Cc2ccccc2)NC1=O)C(=O)O. The molecule has 0 bridgehead atoms. The first-order valence-electron chi connectivity index (χ1n) is 10.4. The lowest BCUT2D eigenvalue weighted by Crippen LogP contribution is -2.63. The van der Waals surface area contributed by atoms with E-state index >= 15 is 0 Å². The number of esters is 2. The zero-order valence-electron chi connectivity index (χ0n) is 18.9. The topological polar surface area (TPSA) is 177 Å². The number of hydrogen-bond acceptors (Lipinski definition) is 8. The van der Waals surface area contributed by atoms with Crippen molar-refractivity contribution >= 4 is 35.6 Å². The van der Waals surface area contributed by atoms with Crippen molar-refractivity contribution in [3.63, 3.8) is 0 Å². The molecule has 0 radical (unpaired) electrons. The number of benzene rings is 1. The fraction of sp³-hybridized carbons (Fsp3) is 0.455. The lowest BCUT2D eigenvalue weighted by Gasteiger charge is -2.30. The summed E-state index contributed by atoms with van der Waals surface area (Å²) in [4.78, 5) is 73.1. The molecule has 1 fully saturated rings. The average molecular weight is 477 g/mol. The van der Waals surface area contributed by atoms with Gasteiger partial charge in [-0.05, 0) is 5.56 Å². The Kier molecular flexibility index (Phi) is 9.10. The van der Waals surface area contributed by atoms with Crippen molar-refractivity contribution < 1.29 is 43.3 Å². The molecular formula is C22H27N3O9. The van der Waals surface area contributed by atoms with E-state index in [0.717, 1.165) is 19.8 Å². The summed E-state index contributed by atoms with van der Waals surface area (Å²) in [5.74, 6) is -8.38. The van der Waals surface area contributed by atoms with Crippen LogP contribution in [0.25, 0.3) is 0 Å². The molecule has 1 heterocycles. The first-order chi connectivity index (χ1) is 16.1. The van der Waals surface area contributed by atoms with Gasteiger partial charge in [0.05, 0.1) is 20.6 Å². The molecule has 12 heteroatoms. The number of carboxylic acids is 1. The van der Waals surface area contributed by atoms with E-state index < -0.39 is 72.0 Å². The Bertz CT molecular complexity index is 934. The van der Waals surface area contributed by atoms with Crippen LogP contribution in [0.2, 0.25) is 0 Å². The van der Waals surface area contributed by atoms with Crippen LogP contribution in [0.15, 0.2) is 30.3 Å². The van der Waals surface area contributed by atoms with E-state index in [-0.39, 0.29) is 6.42 Å². The van der Waals surface area contributed by atoms with Crippen molar-refractivity contribution in [3.05, 3.63) is 35.9 Å². The molecule has 0 aliphatic carbocycles. The Labute approximate surface area is 195 Å². The zero-order chi connectivity index (χ0) is 25.4. The van der Waals surface area contributed by atoms with Crippen LogP contribution in [0.4, 0.5) is 0 Å². The number of rotatable bonds is 10. The number of hydrogen-bond donors (Lipinski definition) is 4. The molecule has 1 aromatic rings. The minimum Gasteiger partial charge on any atom is -0.480 e. The van der Waals surface area contributed by atoms with Crippen LogP contribution in [-0.4, -0.2) is 73.1 Å².